The maximum absolute atomic E-state index is 12.3. The average molecular weight is 271 g/mol. The normalized spacial score (nSPS) is 18.4. The molecule has 1 unspecified atom stereocenters. The fourth-order valence-corrected chi connectivity index (χ4v) is 2.54. The first-order chi connectivity index (χ1) is 9.78. The number of amides is 1. The Morgan fingerprint density at radius 2 is 2.15 bits per heavy atom. The van der Waals surface area contributed by atoms with Crippen LogP contribution in [0.3, 0.4) is 0 Å². The summed E-state index contributed by atoms with van der Waals surface area (Å²) in [4.78, 5) is 18.1. The summed E-state index contributed by atoms with van der Waals surface area (Å²) in [5.74, 6) is 0.266. The van der Waals surface area contributed by atoms with Gasteiger partial charge < -0.3 is 14.6 Å². The highest BCUT2D eigenvalue weighted by Crippen LogP contribution is 2.19. The fourth-order valence-electron chi connectivity index (χ4n) is 2.54. The van der Waals surface area contributed by atoms with Crippen LogP contribution in [-0.2, 0) is 0 Å². The first-order valence-corrected chi connectivity index (χ1v) is 6.76. The minimum absolute atomic E-state index is 0.0399. The zero-order valence-electron chi connectivity index (χ0n) is 11.1. The first kappa shape index (κ1) is 12.9. The second kappa shape index (κ2) is 5.46. The van der Waals surface area contributed by atoms with Crippen molar-refractivity contribution < 1.29 is 9.90 Å². The lowest BCUT2D eigenvalue weighted by atomic mass is 10.1. The maximum atomic E-state index is 12.3. The SMILES string of the molecule is O=C(c1ccc(-n2ccnc2)cc1)N1CCC(CO)C1. The van der Waals surface area contributed by atoms with Gasteiger partial charge in [-0.05, 0) is 30.7 Å². The number of hydrogen-bond donors (Lipinski definition) is 1. The highest BCUT2D eigenvalue weighted by atomic mass is 16.3. The Morgan fingerprint density at radius 1 is 1.35 bits per heavy atom. The van der Waals surface area contributed by atoms with Crippen molar-refractivity contribution in [2.75, 3.05) is 19.7 Å². The van der Waals surface area contributed by atoms with Gasteiger partial charge in [0.2, 0.25) is 0 Å². The lowest BCUT2D eigenvalue weighted by Gasteiger charge is -2.16. The van der Waals surface area contributed by atoms with Gasteiger partial charge in [0.15, 0.2) is 0 Å². The molecule has 2 heterocycles. The van der Waals surface area contributed by atoms with Crippen molar-refractivity contribution in [2.45, 2.75) is 6.42 Å². The molecular weight excluding hydrogens is 254 g/mol. The van der Waals surface area contributed by atoms with Crippen LogP contribution in [0.1, 0.15) is 16.8 Å². The summed E-state index contributed by atoms with van der Waals surface area (Å²) in [7, 11) is 0. The smallest absolute Gasteiger partial charge is 0.253 e. The standard InChI is InChI=1S/C15H17N3O2/c19-10-12-5-7-17(9-12)15(20)13-1-3-14(4-2-13)18-8-6-16-11-18/h1-4,6,8,11-12,19H,5,7,9-10H2. The molecule has 1 aliphatic heterocycles. The third-order valence-electron chi connectivity index (χ3n) is 3.75. The van der Waals surface area contributed by atoms with E-state index in [-0.39, 0.29) is 18.4 Å². The molecule has 5 nitrogen and oxygen atoms in total. The molecule has 1 saturated heterocycles. The van der Waals surface area contributed by atoms with Crippen LogP contribution >= 0.6 is 0 Å². The van der Waals surface area contributed by atoms with Gasteiger partial charge in [-0.3, -0.25) is 4.79 Å². The number of aromatic nitrogens is 2. The molecule has 1 fully saturated rings. The number of aliphatic hydroxyl groups is 1. The van der Waals surface area contributed by atoms with E-state index in [4.69, 9.17) is 5.11 Å². The summed E-state index contributed by atoms with van der Waals surface area (Å²) in [6, 6.07) is 7.50. The van der Waals surface area contributed by atoms with Crippen LogP contribution in [0.15, 0.2) is 43.0 Å². The van der Waals surface area contributed by atoms with Gasteiger partial charge in [-0.15, -0.1) is 0 Å². The van der Waals surface area contributed by atoms with Crippen molar-refractivity contribution >= 4 is 5.91 Å². The summed E-state index contributed by atoms with van der Waals surface area (Å²) < 4.78 is 1.89. The molecule has 1 N–H and O–H groups in total. The zero-order chi connectivity index (χ0) is 13.9. The number of benzene rings is 1. The molecule has 1 aromatic carbocycles. The molecule has 1 aromatic heterocycles. The van der Waals surface area contributed by atoms with Crippen molar-refractivity contribution in [3.8, 4) is 5.69 Å². The monoisotopic (exact) mass is 271 g/mol. The molecule has 3 rings (SSSR count). The van der Waals surface area contributed by atoms with Gasteiger partial charge in [0.25, 0.3) is 5.91 Å². The Hall–Kier alpha value is -2.14. The number of imidazole rings is 1. The summed E-state index contributed by atoms with van der Waals surface area (Å²) >= 11 is 0. The van der Waals surface area contributed by atoms with Crippen LogP contribution in [-0.4, -0.2) is 45.2 Å². The van der Waals surface area contributed by atoms with Gasteiger partial charge in [-0.1, -0.05) is 0 Å². The van der Waals surface area contributed by atoms with Crippen molar-refractivity contribution in [1.82, 2.24) is 14.5 Å². The van der Waals surface area contributed by atoms with Crippen LogP contribution in [0.5, 0.6) is 0 Å². The predicted octanol–water partition coefficient (Wildman–Crippen LogP) is 1.33. The van der Waals surface area contributed by atoms with E-state index in [0.29, 0.717) is 12.1 Å². The zero-order valence-corrected chi connectivity index (χ0v) is 11.1. The summed E-state index contributed by atoms with van der Waals surface area (Å²) in [6.07, 6.45) is 6.19. The van der Waals surface area contributed by atoms with Crippen molar-refractivity contribution in [2.24, 2.45) is 5.92 Å². The van der Waals surface area contributed by atoms with Gasteiger partial charge in [0.1, 0.15) is 0 Å². The highest BCUT2D eigenvalue weighted by Gasteiger charge is 2.26. The average Bonchev–Trinajstić information content (AvgIpc) is 3.18. The van der Waals surface area contributed by atoms with Crippen LogP contribution < -0.4 is 0 Å². The number of carbonyl (C=O) groups excluding carboxylic acids is 1. The number of carbonyl (C=O) groups is 1. The summed E-state index contributed by atoms with van der Waals surface area (Å²) in [6.45, 7) is 1.54. The molecule has 5 heteroatoms. The van der Waals surface area contributed by atoms with Crippen molar-refractivity contribution in [3.05, 3.63) is 48.5 Å². The number of nitrogens with zero attached hydrogens (tertiary/aromatic N) is 3. The topological polar surface area (TPSA) is 58.4 Å². The van der Waals surface area contributed by atoms with Crippen LogP contribution in [0.25, 0.3) is 5.69 Å². The van der Waals surface area contributed by atoms with E-state index >= 15 is 0 Å². The lowest BCUT2D eigenvalue weighted by molar-refractivity contribution is 0.0782. The Labute approximate surface area is 117 Å². The quantitative estimate of drug-likeness (QED) is 0.916. The molecule has 0 aliphatic carbocycles. The van der Waals surface area contributed by atoms with E-state index in [1.165, 1.54) is 0 Å². The molecule has 104 valence electrons. The highest BCUT2D eigenvalue weighted by molar-refractivity contribution is 5.94. The number of hydrogen-bond acceptors (Lipinski definition) is 3. The van der Waals surface area contributed by atoms with E-state index in [9.17, 15) is 4.79 Å². The second-order valence-corrected chi connectivity index (χ2v) is 5.11. The predicted molar refractivity (Wildman–Crippen MR) is 74.7 cm³/mol. The third-order valence-corrected chi connectivity index (χ3v) is 3.75. The van der Waals surface area contributed by atoms with E-state index in [0.717, 1.165) is 18.7 Å². The van der Waals surface area contributed by atoms with E-state index < -0.39 is 0 Å². The lowest BCUT2D eigenvalue weighted by Crippen LogP contribution is -2.29. The second-order valence-electron chi connectivity index (χ2n) is 5.11. The summed E-state index contributed by atoms with van der Waals surface area (Å²) in [5.41, 5.74) is 1.67. The molecule has 1 atom stereocenters. The Morgan fingerprint density at radius 3 is 2.75 bits per heavy atom. The van der Waals surface area contributed by atoms with Gasteiger partial charge in [-0.2, -0.15) is 0 Å². The van der Waals surface area contributed by atoms with Gasteiger partial charge in [-0.25, -0.2) is 4.98 Å². The maximum Gasteiger partial charge on any atom is 0.253 e. The van der Waals surface area contributed by atoms with Crippen molar-refractivity contribution in [3.63, 3.8) is 0 Å². The van der Waals surface area contributed by atoms with E-state index in [2.05, 4.69) is 4.98 Å². The first-order valence-electron chi connectivity index (χ1n) is 6.76. The van der Waals surface area contributed by atoms with Crippen LogP contribution in [0, 0.1) is 5.92 Å². The molecule has 0 bridgehead atoms. The van der Waals surface area contributed by atoms with Crippen LogP contribution in [0.4, 0.5) is 0 Å². The molecule has 0 saturated carbocycles. The number of rotatable bonds is 3. The number of aliphatic hydroxyl groups excluding tert-OH is 1. The minimum Gasteiger partial charge on any atom is -0.396 e. The molecule has 0 radical (unpaired) electrons. The minimum atomic E-state index is 0.0399. The molecule has 1 aliphatic rings. The van der Waals surface area contributed by atoms with Crippen molar-refractivity contribution in [1.29, 1.82) is 0 Å². The third kappa shape index (κ3) is 2.44. The molecule has 0 spiro atoms. The molecule has 2 aromatic rings. The van der Waals surface area contributed by atoms with Crippen LogP contribution in [0.2, 0.25) is 0 Å². The Kier molecular flexibility index (Phi) is 3.52. The molecular formula is C15H17N3O2. The fraction of sp³-hybridized carbons (Fsp3) is 0.333. The van der Waals surface area contributed by atoms with E-state index in [1.807, 2.05) is 39.9 Å². The number of likely N-dealkylation sites (tertiary alicyclic amines) is 1. The van der Waals surface area contributed by atoms with Gasteiger partial charge in [0, 0.05) is 49.3 Å². The Balaban J connectivity index is 1.73. The van der Waals surface area contributed by atoms with Gasteiger partial charge >= 0.3 is 0 Å². The molecule has 20 heavy (non-hydrogen) atoms. The van der Waals surface area contributed by atoms with E-state index in [1.54, 1.807) is 12.5 Å². The Bertz CT molecular complexity index is 578. The summed E-state index contributed by atoms with van der Waals surface area (Å²) in [5, 5.41) is 9.13. The van der Waals surface area contributed by atoms with Gasteiger partial charge in [0.05, 0.1) is 6.33 Å². The molecule has 1 amide bonds. The largest absolute Gasteiger partial charge is 0.396 e.